The fourth-order valence-electron chi connectivity index (χ4n) is 0.951. The van der Waals surface area contributed by atoms with Crippen molar-refractivity contribution in [3.8, 4) is 0 Å². The van der Waals surface area contributed by atoms with Crippen molar-refractivity contribution in [2.45, 2.75) is 13.0 Å². The van der Waals surface area contributed by atoms with Crippen LogP contribution in [0.1, 0.15) is 6.92 Å². The van der Waals surface area contributed by atoms with E-state index in [4.69, 9.17) is 27.9 Å². The summed E-state index contributed by atoms with van der Waals surface area (Å²) in [5.74, 6) is 0. The lowest BCUT2D eigenvalue weighted by molar-refractivity contribution is 0.0972. The average Bonchev–Trinajstić information content (AvgIpc) is 2.02. The molecule has 8 heteroatoms. The van der Waals surface area contributed by atoms with E-state index >= 15 is 0 Å². The van der Waals surface area contributed by atoms with Gasteiger partial charge < -0.3 is 15.3 Å². The summed E-state index contributed by atoms with van der Waals surface area (Å²) in [6.07, 6.45) is -0.409. The maximum Gasteiger partial charge on any atom is 0.425 e. The summed E-state index contributed by atoms with van der Waals surface area (Å²) >= 11 is 0. The largest absolute Gasteiger partial charge is 0.425 e. The van der Waals surface area contributed by atoms with Gasteiger partial charge in [-0.2, -0.15) is 0 Å². The van der Waals surface area contributed by atoms with Crippen LogP contribution in [-0.2, 0) is 10.6 Å². The van der Waals surface area contributed by atoms with Crippen molar-refractivity contribution in [1.29, 1.82) is 0 Å². The zero-order valence-corrected chi connectivity index (χ0v) is 9.35. The smallest absolute Gasteiger partial charge is 0.395 e. The lowest BCUT2D eigenvalue weighted by atomic mass is 10.3. The molecule has 0 radical (unpaired) electrons. The second-order valence-corrected chi connectivity index (χ2v) is 3.21. The van der Waals surface area contributed by atoms with Crippen LogP contribution in [0.3, 0.4) is 0 Å². The van der Waals surface area contributed by atoms with Crippen LogP contribution in [-0.4, -0.2) is 71.8 Å². The van der Waals surface area contributed by atoms with E-state index in [2.05, 4.69) is 0 Å². The molecule has 7 nitrogen and oxygen atoms in total. The van der Waals surface area contributed by atoms with Crippen LogP contribution in [0.2, 0.25) is 0 Å². The van der Waals surface area contributed by atoms with Gasteiger partial charge in [0, 0.05) is 19.6 Å². The third-order valence-electron chi connectivity index (χ3n) is 1.35. The summed E-state index contributed by atoms with van der Waals surface area (Å²) in [7, 11) is -3.11. The topological polar surface area (TPSA) is 115 Å². The monoisotopic (exact) mass is 243 g/mol. The molecule has 0 aromatic rings. The number of aliphatic hydroxyl groups is 3. The molecule has 0 aliphatic heterocycles. The fourth-order valence-corrected chi connectivity index (χ4v) is 0.951. The molecular formula is C7H17NO6S. The highest BCUT2D eigenvalue weighted by atomic mass is 32.2. The Kier molecular flexibility index (Phi) is 13.0. The van der Waals surface area contributed by atoms with Gasteiger partial charge in [0.05, 0.1) is 19.3 Å². The second kappa shape index (κ2) is 11.5. The Morgan fingerprint density at radius 3 is 1.67 bits per heavy atom. The molecule has 1 unspecified atom stereocenters. The summed E-state index contributed by atoms with van der Waals surface area (Å²) in [6, 6.07) is 0. The van der Waals surface area contributed by atoms with Crippen LogP contribution < -0.4 is 0 Å². The first-order valence-electron chi connectivity index (χ1n) is 4.32. The van der Waals surface area contributed by atoms with Gasteiger partial charge in [0.1, 0.15) is 0 Å². The van der Waals surface area contributed by atoms with E-state index in [0.717, 1.165) is 0 Å². The number of nitrogens with zero attached hydrogens (tertiary/aromatic N) is 1. The Balaban J connectivity index is 0. The molecule has 0 rings (SSSR count). The van der Waals surface area contributed by atoms with Crippen molar-refractivity contribution >= 4 is 10.6 Å². The van der Waals surface area contributed by atoms with Crippen molar-refractivity contribution in [2.75, 3.05) is 32.8 Å². The van der Waals surface area contributed by atoms with Crippen LogP contribution >= 0.6 is 0 Å². The van der Waals surface area contributed by atoms with E-state index in [9.17, 15) is 0 Å². The van der Waals surface area contributed by atoms with Crippen molar-refractivity contribution in [3.63, 3.8) is 0 Å². The SMILES string of the molecule is CC(O)CN(CCO)CCO.O=S(=O)=O. The van der Waals surface area contributed by atoms with Crippen LogP contribution in [0, 0.1) is 0 Å². The molecule has 0 amide bonds. The number of rotatable bonds is 6. The van der Waals surface area contributed by atoms with Gasteiger partial charge >= 0.3 is 10.6 Å². The molecule has 15 heavy (non-hydrogen) atoms. The summed E-state index contributed by atoms with van der Waals surface area (Å²) in [4.78, 5) is 1.81. The van der Waals surface area contributed by atoms with Crippen LogP contribution in [0.25, 0.3) is 0 Å². The molecule has 1 atom stereocenters. The molecule has 92 valence electrons. The van der Waals surface area contributed by atoms with E-state index < -0.39 is 16.7 Å². The number of hydrogen-bond acceptors (Lipinski definition) is 7. The summed E-state index contributed by atoms with van der Waals surface area (Å²) in [5.41, 5.74) is 0. The Bertz CT molecular complexity index is 212. The molecule has 0 saturated heterocycles. The highest BCUT2D eigenvalue weighted by Crippen LogP contribution is 1.90. The molecule has 0 aromatic heterocycles. The minimum atomic E-state index is -3.11. The minimum Gasteiger partial charge on any atom is -0.395 e. The third kappa shape index (κ3) is 19.8. The summed E-state index contributed by atoms with van der Waals surface area (Å²) in [5, 5.41) is 26.1. The van der Waals surface area contributed by atoms with Gasteiger partial charge in [-0.05, 0) is 6.92 Å². The standard InChI is InChI=1S/C7H17NO3.O3S/c1-7(11)6-8(2-4-9)3-5-10;1-4(2)3/h7,9-11H,2-6H2,1H3;. The highest BCUT2D eigenvalue weighted by molar-refractivity contribution is 7.59. The summed E-state index contributed by atoms with van der Waals surface area (Å²) < 4.78 is 25.3. The third-order valence-corrected chi connectivity index (χ3v) is 1.35. The van der Waals surface area contributed by atoms with Gasteiger partial charge in [0.15, 0.2) is 0 Å². The van der Waals surface area contributed by atoms with Crippen molar-refractivity contribution in [1.82, 2.24) is 4.90 Å². The molecule has 0 spiro atoms. The number of hydrogen-bond donors (Lipinski definition) is 3. The van der Waals surface area contributed by atoms with E-state index in [1.165, 1.54) is 0 Å². The van der Waals surface area contributed by atoms with Crippen LogP contribution in [0.4, 0.5) is 0 Å². The maximum absolute atomic E-state index is 8.97. The predicted octanol–water partition coefficient (Wildman–Crippen LogP) is -2.35. The Hall–Kier alpha value is -0.540. The zero-order valence-electron chi connectivity index (χ0n) is 8.53. The zero-order chi connectivity index (χ0) is 12.3. The molecule has 3 N–H and O–H groups in total. The minimum absolute atomic E-state index is 0.0622. The second-order valence-electron chi connectivity index (χ2n) is 2.80. The number of aliphatic hydroxyl groups excluding tert-OH is 3. The van der Waals surface area contributed by atoms with E-state index in [1.807, 2.05) is 4.90 Å². The molecule has 0 heterocycles. The predicted molar refractivity (Wildman–Crippen MR) is 52.0 cm³/mol. The van der Waals surface area contributed by atoms with E-state index in [1.54, 1.807) is 6.92 Å². The Morgan fingerprint density at radius 2 is 1.47 bits per heavy atom. The summed E-state index contributed by atoms with van der Waals surface area (Å²) in [6.45, 7) is 3.32. The molecule has 0 saturated carbocycles. The quantitative estimate of drug-likeness (QED) is 0.478. The Morgan fingerprint density at radius 1 is 1.13 bits per heavy atom. The van der Waals surface area contributed by atoms with Crippen molar-refractivity contribution < 1.29 is 27.9 Å². The first-order chi connectivity index (χ1) is 6.93. The van der Waals surface area contributed by atoms with Crippen molar-refractivity contribution in [2.24, 2.45) is 0 Å². The van der Waals surface area contributed by atoms with Crippen LogP contribution in [0.5, 0.6) is 0 Å². The Labute approximate surface area is 90.0 Å². The highest BCUT2D eigenvalue weighted by Gasteiger charge is 2.05. The van der Waals surface area contributed by atoms with Gasteiger partial charge in [-0.1, -0.05) is 0 Å². The van der Waals surface area contributed by atoms with Crippen LogP contribution in [0.15, 0.2) is 0 Å². The van der Waals surface area contributed by atoms with Gasteiger partial charge in [-0.3, -0.25) is 4.90 Å². The van der Waals surface area contributed by atoms with Gasteiger partial charge in [0.2, 0.25) is 0 Å². The molecule has 0 aliphatic rings. The first kappa shape index (κ1) is 16.9. The van der Waals surface area contributed by atoms with Crippen molar-refractivity contribution in [3.05, 3.63) is 0 Å². The first-order valence-corrected chi connectivity index (χ1v) is 5.32. The lowest BCUT2D eigenvalue weighted by Gasteiger charge is -2.21. The van der Waals surface area contributed by atoms with Gasteiger partial charge in [0.25, 0.3) is 0 Å². The van der Waals surface area contributed by atoms with E-state index in [-0.39, 0.29) is 13.2 Å². The average molecular weight is 243 g/mol. The van der Waals surface area contributed by atoms with E-state index in [0.29, 0.717) is 19.6 Å². The lowest BCUT2D eigenvalue weighted by Crippen LogP contribution is -2.35. The molecule has 0 fully saturated rings. The molecule has 0 aromatic carbocycles. The van der Waals surface area contributed by atoms with Gasteiger partial charge in [-0.25, -0.2) is 0 Å². The molecule has 0 aliphatic carbocycles. The normalized spacial score (nSPS) is 11.8. The maximum atomic E-state index is 8.97. The fraction of sp³-hybridized carbons (Fsp3) is 1.00. The molecule has 0 bridgehead atoms. The van der Waals surface area contributed by atoms with Gasteiger partial charge in [-0.15, -0.1) is 12.6 Å². The molecular weight excluding hydrogens is 226 g/mol.